The smallest absolute Gasteiger partial charge is 0.266 e. The zero-order valence-electron chi connectivity index (χ0n) is 19.2. The third-order valence-corrected chi connectivity index (χ3v) is 5.94. The molecule has 0 spiro atoms. The number of carbonyl (C=O) groups is 1. The van der Waals surface area contributed by atoms with Crippen LogP contribution in [-0.2, 0) is 0 Å². The van der Waals surface area contributed by atoms with Gasteiger partial charge in [-0.25, -0.2) is 9.37 Å². The van der Waals surface area contributed by atoms with Crippen LogP contribution < -0.4 is 5.56 Å². The van der Waals surface area contributed by atoms with E-state index in [1.807, 2.05) is 51.1 Å². The van der Waals surface area contributed by atoms with Crippen LogP contribution in [0.25, 0.3) is 16.6 Å². The number of amides is 1. The van der Waals surface area contributed by atoms with Crippen molar-refractivity contribution in [3.63, 3.8) is 0 Å². The predicted octanol–water partition coefficient (Wildman–Crippen LogP) is 5.36. The Morgan fingerprint density at radius 1 is 1.06 bits per heavy atom. The molecule has 3 aromatic carbocycles. The average Bonchev–Trinajstić information content (AvgIpc) is 2.80. The normalized spacial score (nSPS) is 12.0. The predicted molar refractivity (Wildman–Crippen MR) is 128 cm³/mol. The summed E-state index contributed by atoms with van der Waals surface area (Å²) < 4.78 is 15.4. The molecule has 0 bridgehead atoms. The number of benzene rings is 3. The first kappa shape index (κ1) is 22.4. The van der Waals surface area contributed by atoms with Crippen LogP contribution in [0.1, 0.15) is 46.7 Å². The molecule has 1 heterocycles. The van der Waals surface area contributed by atoms with Crippen molar-refractivity contribution in [2.75, 3.05) is 7.05 Å². The minimum absolute atomic E-state index is 0.187. The van der Waals surface area contributed by atoms with Gasteiger partial charge in [-0.05, 0) is 62.2 Å². The van der Waals surface area contributed by atoms with Crippen LogP contribution in [0.5, 0.6) is 0 Å². The number of aryl methyl sites for hydroxylation is 2. The zero-order chi connectivity index (χ0) is 23.7. The van der Waals surface area contributed by atoms with E-state index in [2.05, 4.69) is 0 Å². The number of carbonyl (C=O) groups excluding carboxylic acids is 1. The maximum atomic E-state index is 13.8. The van der Waals surface area contributed by atoms with E-state index >= 15 is 0 Å². The van der Waals surface area contributed by atoms with Gasteiger partial charge in [-0.2, -0.15) is 0 Å². The van der Waals surface area contributed by atoms with Gasteiger partial charge in [0, 0.05) is 12.6 Å². The molecule has 0 aliphatic carbocycles. The summed E-state index contributed by atoms with van der Waals surface area (Å²) in [6.45, 7) is 5.89. The maximum Gasteiger partial charge on any atom is 0.266 e. The molecule has 0 radical (unpaired) electrons. The van der Waals surface area contributed by atoms with Crippen LogP contribution in [-0.4, -0.2) is 27.4 Å². The van der Waals surface area contributed by atoms with Crippen molar-refractivity contribution < 1.29 is 9.18 Å². The molecule has 168 valence electrons. The van der Waals surface area contributed by atoms with E-state index in [0.29, 0.717) is 23.1 Å². The molecule has 4 rings (SSSR count). The van der Waals surface area contributed by atoms with Crippen LogP contribution in [0.3, 0.4) is 0 Å². The lowest BCUT2D eigenvalue weighted by Crippen LogP contribution is -2.36. The van der Waals surface area contributed by atoms with Crippen molar-refractivity contribution in [2.24, 2.45) is 0 Å². The van der Waals surface area contributed by atoms with Crippen LogP contribution in [0.2, 0.25) is 0 Å². The molecule has 0 fully saturated rings. The third-order valence-electron chi connectivity index (χ3n) is 5.94. The number of fused-ring (bicyclic) bond motifs is 1. The van der Waals surface area contributed by atoms with E-state index in [1.54, 1.807) is 29.8 Å². The Morgan fingerprint density at radius 3 is 2.52 bits per heavy atom. The first-order valence-electron chi connectivity index (χ1n) is 10.9. The second kappa shape index (κ2) is 8.98. The molecule has 1 amide bonds. The average molecular weight is 444 g/mol. The number of halogens is 1. The Hall–Kier alpha value is -3.80. The van der Waals surface area contributed by atoms with Crippen LogP contribution in [0, 0.1) is 19.7 Å². The second-order valence-electron chi connectivity index (χ2n) is 8.27. The molecule has 33 heavy (non-hydrogen) atoms. The Morgan fingerprint density at radius 2 is 1.82 bits per heavy atom. The Balaban J connectivity index is 1.94. The minimum Gasteiger partial charge on any atom is -0.332 e. The van der Waals surface area contributed by atoms with Crippen molar-refractivity contribution in [1.82, 2.24) is 14.5 Å². The summed E-state index contributed by atoms with van der Waals surface area (Å²) >= 11 is 0. The molecule has 0 aliphatic rings. The maximum absolute atomic E-state index is 13.8. The number of nitrogens with zero attached hydrogens (tertiary/aromatic N) is 3. The van der Waals surface area contributed by atoms with Gasteiger partial charge in [-0.3, -0.25) is 14.2 Å². The van der Waals surface area contributed by atoms with E-state index < -0.39 is 11.9 Å². The summed E-state index contributed by atoms with van der Waals surface area (Å²) in [5, 5.41) is 0.509. The van der Waals surface area contributed by atoms with Gasteiger partial charge in [0.05, 0.1) is 22.6 Å². The van der Waals surface area contributed by atoms with Crippen molar-refractivity contribution in [2.45, 2.75) is 33.2 Å². The van der Waals surface area contributed by atoms with Gasteiger partial charge in [-0.1, -0.05) is 42.8 Å². The van der Waals surface area contributed by atoms with E-state index in [-0.39, 0.29) is 17.0 Å². The number of para-hydroxylation sites is 1. The Kier molecular flexibility index (Phi) is 6.09. The summed E-state index contributed by atoms with van der Waals surface area (Å²) in [6.07, 6.45) is 0.521. The molecule has 0 saturated carbocycles. The van der Waals surface area contributed by atoms with Gasteiger partial charge < -0.3 is 4.90 Å². The van der Waals surface area contributed by atoms with Crippen molar-refractivity contribution in [1.29, 1.82) is 0 Å². The van der Waals surface area contributed by atoms with Crippen LogP contribution >= 0.6 is 0 Å². The van der Waals surface area contributed by atoms with E-state index in [4.69, 9.17) is 4.98 Å². The lowest BCUT2D eigenvalue weighted by Gasteiger charge is -2.29. The van der Waals surface area contributed by atoms with E-state index in [9.17, 15) is 14.0 Å². The highest BCUT2D eigenvalue weighted by Crippen LogP contribution is 2.27. The van der Waals surface area contributed by atoms with E-state index in [0.717, 1.165) is 16.8 Å². The first-order chi connectivity index (χ1) is 15.8. The van der Waals surface area contributed by atoms with Gasteiger partial charge in [0.1, 0.15) is 11.6 Å². The van der Waals surface area contributed by atoms with Gasteiger partial charge in [0.25, 0.3) is 11.5 Å². The number of hydrogen-bond acceptors (Lipinski definition) is 3. The molecule has 0 N–H and O–H groups in total. The van der Waals surface area contributed by atoms with Gasteiger partial charge in [0.2, 0.25) is 0 Å². The first-order valence-corrected chi connectivity index (χ1v) is 10.9. The highest BCUT2D eigenvalue weighted by Gasteiger charge is 2.27. The lowest BCUT2D eigenvalue weighted by molar-refractivity contribution is 0.0716. The number of aromatic nitrogens is 2. The largest absolute Gasteiger partial charge is 0.332 e. The topological polar surface area (TPSA) is 55.2 Å². The quantitative estimate of drug-likeness (QED) is 0.417. The fourth-order valence-electron chi connectivity index (χ4n) is 4.26. The number of hydrogen-bond donors (Lipinski definition) is 0. The molecule has 1 unspecified atom stereocenters. The summed E-state index contributed by atoms with van der Waals surface area (Å²) in [5.41, 5.74) is 3.38. The summed E-state index contributed by atoms with van der Waals surface area (Å²) in [7, 11) is 1.66. The second-order valence-corrected chi connectivity index (χ2v) is 8.27. The lowest BCUT2D eigenvalue weighted by atomic mass is 10.1. The van der Waals surface area contributed by atoms with Crippen LogP contribution in [0.15, 0.2) is 71.5 Å². The van der Waals surface area contributed by atoms with Crippen molar-refractivity contribution in [3.8, 4) is 5.69 Å². The zero-order valence-corrected chi connectivity index (χ0v) is 19.2. The molecular weight excluding hydrogens is 417 g/mol. The van der Waals surface area contributed by atoms with Crippen molar-refractivity contribution >= 4 is 16.8 Å². The molecule has 1 atom stereocenters. The Bertz CT molecular complexity index is 1410. The molecule has 6 heteroatoms. The SMILES string of the molecule is CCC(c1nc2ccccc2c(=O)n1-c1ccc(C)cc1C)N(C)C(=O)c1cccc(F)c1. The van der Waals surface area contributed by atoms with Gasteiger partial charge in [-0.15, -0.1) is 0 Å². The molecule has 0 saturated heterocycles. The highest BCUT2D eigenvalue weighted by atomic mass is 19.1. The standard InChI is InChI=1S/C27H26FN3O2/c1-5-23(30(4)26(32)19-9-8-10-20(28)16-19)25-29-22-12-7-6-11-21(22)27(33)31(25)24-14-13-17(2)15-18(24)3/h6-16,23H,5H2,1-4H3. The highest BCUT2D eigenvalue weighted by molar-refractivity contribution is 5.94. The molecule has 0 aliphatic heterocycles. The minimum atomic E-state index is -0.501. The third kappa shape index (κ3) is 4.16. The Labute approximate surface area is 192 Å². The van der Waals surface area contributed by atoms with E-state index in [1.165, 1.54) is 23.1 Å². The molecular formula is C27H26FN3O2. The fraction of sp³-hybridized carbons (Fsp3) is 0.222. The molecule has 5 nitrogen and oxygen atoms in total. The van der Waals surface area contributed by atoms with Crippen molar-refractivity contribution in [3.05, 3.63) is 105 Å². The monoisotopic (exact) mass is 443 g/mol. The summed E-state index contributed by atoms with van der Waals surface area (Å²) in [4.78, 5) is 33.3. The van der Waals surface area contributed by atoms with Gasteiger partial charge in [0.15, 0.2) is 0 Å². The summed E-state index contributed by atoms with van der Waals surface area (Å²) in [6, 6.07) is 18.2. The molecule has 4 aromatic rings. The van der Waals surface area contributed by atoms with Crippen LogP contribution in [0.4, 0.5) is 4.39 Å². The summed E-state index contributed by atoms with van der Waals surface area (Å²) in [5.74, 6) is -0.338. The van der Waals surface area contributed by atoms with Gasteiger partial charge >= 0.3 is 0 Å². The number of rotatable bonds is 5. The fourth-order valence-corrected chi connectivity index (χ4v) is 4.26. The molecule has 1 aromatic heterocycles.